The van der Waals surface area contributed by atoms with Gasteiger partial charge in [-0.3, -0.25) is 4.98 Å². The summed E-state index contributed by atoms with van der Waals surface area (Å²) in [4.78, 5) is 22.4. The summed E-state index contributed by atoms with van der Waals surface area (Å²) in [5.74, 6) is 2.99. The molecule has 0 spiro atoms. The number of nitrogens with zero attached hydrogens (tertiary/aromatic N) is 7. The molecule has 0 aliphatic carbocycles. The molecular weight excluding hydrogens is 444 g/mol. The Kier molecular flexibility index (Phi) is 6.81. The van der Waals surface area contributed by atoms with Crippen LogP contribution in [0.4, 0.5) is 12.0 Å². The van der Waals surface area contributed by atoms with Crippen molar-refractivity contribution in [2.24, 2.45) is 11.7 Å². The zero-order chi connectivity index (χ0) is 24.4. The second-order valence-electron chi connectivity index (χ2n) is 9.89. The van der Waals surface area contributed by atoms with E-state index in [9.17, 15) is 0 Å². The first-order chi connectivity index (χ1) is 17.0. The zero-order valence-corrected chi connectivity index (χ0v) is 20.6. The number of rotatable bonds is 7. The fraction of sp³-hybridized carbons (Fsp3) is 0.560. The van der Waals surface area contributed by atoms with Gasteiger partial charge >= 0.3 is 6.01 Å². The van der Waals surface area contributed by atoms with Gasteiger partial charge in [-0.25, -0.2) is 9.97 Å². The molecule has 0 amide bonds. The molecular formula is C25H34N8O2. The Morgan fingerprint density at radius 2 is 1.80 bits per heavy atom. The van der Waals surface area contributed by atoms with Crippen molar-refractivity contribution in [2.75, 3.05) is 36.0 Å². The molecule has 5 rings (SSSR count). The molecule has 2 aliphatic rings. The Morgan fingerprint density at radius 1 is 1.03 bits per heavy atom. The summed E-state index contributed by atoms with van der Waals surface area (Å²) in [6.07, 6.45) is 7.40. The SMILES string of the molecule is CC(C)c1noc(N2CCC(C(C)Oc3cnc(N4CC(N)C(c5ccccn5)C4)nc3)CC2)n1. The summed E-state index contributed by atoms with van der Waals surface area (Å²) in [5.41, 5.74) is 7.42. The summed E-state index contributed by atoms with van der Waals surface area (Å²) in [5, 5.41) is 4.08. The fourth-order valence-corrected chi connectivity index (χ4v) is 4.89. The van der Waals surface area contributed by atoms with Crippen LogP contribution in [0.2, 0.25) is 0 Å². The highest BCUT2D eigenvalue weighted by molar-refractivity contribution is 5.37. The molecule has 35 heavy (non-hydrogen) atoms. The standard InChI is InChI=1S/C25H34N8O2/c1-16(2)23-30-25(35-31-23)32-10-7-18(8-11-32)17(3)34-19-12-28-24(29-13-19)33-14-20(21(26)15-33)22-6-4-5-9-27-22/h4-6,9,12-13,16-18,20-21H,7-8,10-11,14-15,26H2,1-3H3. The third kappa shape index (κ3) is 5.22. The van der Waals surface area contributed by atoms with Gasteiger partial charge in [0.2, 0.25) is 5.95 Å². The molecule has 5 heterocycles. The maximum absolute atomic E-state index is 6.40. The van der Waals surface area contributed by atoms with Gasteiger partial charge in [-0.15, -0.1) is 0 Å². The van der Waals surface area contributed by atoms with Crippen LogP contribution in [0.1, 0.15) is 57.0 Å². The van der Waals surface area contributed by atoms with Gasteiger partial charge in [0.1, 0.15) is 0 Å². The average molecular weight is 479 g/mol. The van der Waals surface area contributed by atoms with E-state index in [-0.39, 0.29) is 24.0 Å². The quantitative estimate of drug-likeness (QED) is 0.543. The Balaban J connectivity index is 1.13. The van der Waals surface area contributed by atoms with E-state index in [1.54, 1.807) is 12.4 Å². The Bertz CT molecular complexity index is 1080. The van der Waals surface area contributed by atoms with E-state index in [0.29, 0.717) is 30.2 Å². The molecule has 2 saturated heterocycles. The molecule has 2 N–H and O–H groups in total. The topological polar surface area (TPSA) is 119 Å². The lowest BCUT2D eigenvalue weighted by Crippen LogP contribution is -2.38. The first kappa shape index (κ1) is 23.5. The number of aromatic nitrogens is 5. The molecule has 3 aromatic heterocycles. The summed E-state index contributed by atoms with van der Waals surface area (Å²) >= 11 is 0. The normalized spacial score (nSPS) is 22.1. The van der Waals surface area contributed by atoms with Crippen molar-refractivity contribution >= 4 is 12.0 Å². The van der Waals surface area contributed by atoms with E-state index < -0.39 is 0 Å². The van der Waals surface area contributed by atoms with Gasteiger partial charge in [0.15, 0.2) is 11.6 Å². The zero-order valence-electron chi connectivity index (χ0n) is 20.6. The van der Waals surface area contributed by atoms with Gasteiger partial charge in [-0.05, 0) is 37.8 Å². The van der Waals surface area contributed by atoms with Gasteiger partial charge in [0.25, 0.3) is 0 Å². The fourth-order valence-electron chi connectivity index (χ4n) is 4.89. The molecule has 3 atom stereocenters. The lowest BCUT2D eigenvalue weighted by atomic mass is 9.92. The molecule has 0 bridgehead atoms. The Morgan fingerprint density at radius 3 is 2.46 bits per heavy atom. The van der Waals surface area contributed by atoms with Crippen LogP contribution in [0.3, 0.4) is 0 Å². The van der Waals surface area contributed by atoms with Crippen LogP contribution in [0.25, 0.3) is 0 Å². The van der Waals surface area contributed by atoms with Crippen molar-refractivity contribution < 1.29 is 9.26 Å². The third-order valence-corrected chi connectivity index (χ3v) is 7.07. The molecule has 2 fully saturated rings. The van der Waals surface area contributed by atoms with Crippen molar-refractivity contribution in [3.8, 4) is 5.75 Å². The predicted octanol–water partition coefficient (Wildman–Crippen LogP) is 2.99. The highest BCUT2D eigenvalue weighted by Crippen LogP contribution is 2.29. The van der Waals surface area contributed by atoms with Crippen LogP contribution in [0, 0.1) is 5.92 Å². The molecule has 10 nitrogen and oxygen atoms in total. The Labute approximate surface area is 205 Å². The average Bonchev–Trinajstić information content (AvgIpc) is 3.53. The van der Waals surface area contributed by atoms with Crippen molar-refractivity contribution in [1.29, 1.82) is 0 Å². The van der Waals surface area contributed by atoms with Crippen LogP contribution in [-0.4, -0.2) is 63.4 Å². The van der Waals surface area contributed by atoms with E-state index in [4.69, 9.17) is 15.0 Å². The molecule has 3 aromatic rings. The van der Waals surface area contributed by atoms with Crippen molar-refractivity contribution in [1.82, 2.24) is 25.1 Å². The predicted molar refractivity (Wildman–Crippen MR) is 133 cm³/mol. The molecule has 0 aromatic carbocycles. The lowest BCUT2D eigenvalue weighted by Gasteiger charge is -2.33. The summed E-state index contributed by atoms with van der Waals surface area (Å²) in [6.45, 7) is 9.46. The van der Waals surface area contributed by atoms with Gasteiger partial charge in [0.05, 0.1) is 18.5 Å². The maximum atomic E-state index is 6.40. The van der Waals surface area contributed by atoms with Crippen LogP contribution in [-0.2, 0) is 0 Å². The first-order valence-electron chi connectivity index (χ1n) is 12.5. The van der Waals surface area contributed by atoms with Gasteiger partial charge in [-0.2, -0.15) is 4.98 Å². The molecule has 0 saturated carbocycles. The van der Waals surface area contributed by atoms with Crippen molar-refractivity contribution in [3.05, 3.63) is 48.3 Å². The minimum atomic E-state index is -0.000522. The van der Waals surface area contributed by atoms with Crippen molar-refractivity contribution in [2.45, 2.75) is 57.6 Å². The number of pyridine rings is 1. The molecule has 186 valence electrons. The van der Waals surface area contributed by atoms with Crippen molar-refractivity contribution in [3.63, 3.8) is 0 Å². The molecule has 10 heteroatoms. The first-order valence-corrected chi connectivity index (χ1v) is 12.5. The minimum absolute atomic E-state index is 0.000522. The number of anilines is 2. The second-order valence-corrected chi connectivity index (χ2v) is 9.89. The smallest absolute Gasteiger partial charge is 0.324 e. The summed E-state index contributed by atoms with van der Waals surface area (Å²) < 4.78 is 11.7. The largest absolute Gasteiger partial charge is 0.487 e. The van der Waals surface area contributed by atoms with E-state index in [0.717, 1.165) is 44.0 Å². The maximum Gasteiger partial charge on any atom is 0.324 e. The lowest BCUT2D eigenvalue weighted by molar-refractivity contribution is 0.131. The van der Waals surface area contributed by atoms with E-state index >= 15 is 0 Å². The number of piperidine rings is 1. The Hall–Kier alpha value is -3.27. The highest BCUT2D eigenvalue weighted by Gasteiger charge is 2.33. The van der Waals surface area contributed by atoms with Crippen LogP contribution >= 0.6 is 0 Å². The highest BCUT2D eigenvalue weighted by atomic mass is 16.5. The second kappa shape index (κ2) is 10.2. The van der Waals surface area contributed by atoms with Crippen LogP contribution < -0.4 is 20.3 Å². The van der Waals surface area contributed by atoms with E-state index in [1.807, 2.05) is 24.4 Å². The van der Waals surface area contributed by atoms with E-state index in [2.05, 4.69) is 55.7 Å². The number of nitrogens with two attached hydrogens (primary N) is 1. The number of hydrogen-bond donors (Lipinski definition) is 1. The number of ether oxygens (including phenoxy) is 1. The van der Waals surface area contributed by atoms with Crippen LogP contribution in [0.15, 0.2) is 41.3 Å². The van der Waals surface area contributed by atoms with E-state index in [1.165, 1.54) is 0 Å². The third-order valence-electron chi connectivity index (χ3n) is 7.07. The summed E-state index contributed by atoms with van der Waals surface area (Å²) in [7, 11) is 0. The van der Waals surface area contributed by atoms with Crippen LogP contribution in [0.5, 0.6) is 5.75 Å². The summed E-state index contributed by atoms with van der Waals surface area (Å²) in [6, 6.07) is 6.57. The molecule has 3 unspecified atom stereocenters. The monoisotopic (exact) mass is 478 g/mol. The minimum Gasteiger partial charge on any atom is -0.487 e. The van der Waals surface area contributed by atoms with Gasteiger partial charge < -0.3 is 24.8 Å². The van der Waals surface area contributed by atoms with Gasteiger partial charge in [0, 0.05) is 55.9 Å². The number of hydrogen-bond acceptors (Lipinski definition) is 10. The molecule has 0 radical (unpaired) electrons. The van der Waals surface area contributed by atoms with Gasteiger partial charge in [-0.1, -0.05) is 25.1 Å². The molecule has 2 aliphatic heterocycles.